The molecule has 1 aromatic carbocycles. The minimum absolute atomic E-state index is 0.155. The van der Waals surface area contributed by atoms with Crippen molar-refractivity contribution in [3.63, 3.8) is 0 Å². The van der Waals surface area contributed by atoms with E-state index in [1.807, 2.05) is 13.8 Å². The molecule has 1 aliphatic carbocycles. The second-order valence-corrected chi connectivity index (χ2v) is 11.8. The van der Waals surface area contributed by atoms with Gasteiger partial charge in [-0.15, -0.1) is 0 Å². The second-order valence-electron chi connectivity index (χ2n) is 10.1. The van der Waals surface area contributed by atoms with E-state index in [9.17, 15) is 26.4 Å². The number of halogens is 3. The van der Waals surface area contributed by atoms with E-state index in [-0.39, 0.29) is 17.4 Å². The van der Waals surface area contributed by atoms with Crippen molar-refractivity contribution in [3.8, 4) is 0 Å². The minimum atomic E-state index is -4.36. The van der Waals surface area contributed by atoms with Gasteiger partial charge in [-0.25, -0.2) is 8.42 Å². The van der Waals surface area contributed by atoms with Crippen LogP contribution in [0, 0.1) is 5.92 Å². The van der Waals surface area contributed by atoms with Crippen molar-refractivity contribution in [3.05, 3.63) is 58.9 Å². The molecule has 1 saturated carbocycles. The van der Waals surface area contributed by atoms with Crippen LogP contribution in [-0.4, -0.2) is 31.7 Å². The quantitative estimate of drug-likeness (QED) is 0.522. The normalized spacial score (nSPS) is 21.3. The molecular weight excluding hydrogens is 479 g/mol. The Hall–Kier alpha value is -2.62. The molecule has 3 atom stereocenters. The van der Waals surface area contributed by atoms with Crippen LogP contribution in [0.2, 0.25) is 0 Å². The van der Waals surface area contributed by atoms with Crippen LogP contribution in [0.5, 0.6) is 0 Å². The predicted molar refractivity (Wildman–Crippen MR) is 130 cm³/mol. The topological polar surface area (TPSA) is 88.2 Å². The number of nitrogens with zero attached hydrogens (tertiary/aromatic N) is 1. The maximum absolute atomic E-state index is 13.3. The molecule has 2 unspecified atom stereocenters. The highest BCUT2D eigenvalue weighted by molar-refractivity contribution is 7.92. The highest BCUT2D eigenvalue weighted by Gasteiger charge is 2.56. The summed E-state index contributed by atoms with van der Waals surface area (Å²) >= 11 is 0. The number of hydrogen-bond donors (Lipinski definition) is 2. The number of benzene rings is 1. The van der Waals surface area contributed by atoms with Gasteiger partial charge in [0.25, 0.3) is 0 Å². The molecule has 1 aromatic heterocycles. The van der Waals surface area contributed by atoms with E-state index in [4.69, 9.17) is 0 Å². The monoisotopic (exact) mass is 511 g/mol. The van der Waals surface area contributed by atoms with Gasteiger partial charge in [0.1, 0.15) is 0 Å². The zero-order chi connectivity index (χ0) is 26.4. The van der Waals surface area contributed by atoms with E-state index < -0.39 is 33.1 Å². The predicted octanol–water partition coefficient (Wildman–Crippen LogP) is 5.01. The summed E-state index contributed by atoms with van der Waals surface area (Å²) in [4.78, 5) is 17.5. The second kappa shape index (κ2) is 9.11. The first-order chi connectivity index (χ1) is 16.0. The third-order valence-electron chi connectivity index (χ3n) is 6.96. The number of sulfonamides is 1. The third kappa shape index (κ3) is 5.63. The zero-order valence-electron chi connectivity index (χ0n) is 20.7. The fourth-order valence-electron chi connectivity index (χ4n) is 4.21. The van der Waals surface area contributed by atoms with Crippen molar-refractivity contribution < 1.29 is 26.4 Å². The first kappa shape index (κ1) is 27.0. The Morgan fingerprint density at radius 3 is 2.29 bits per heavy atom. The Labute approximate surface area is 204 Å². The molecule has 1 fully saturated rings. The average Bonchev–Trinajstić information content (AvgIpc) is 3.45. The Bertz CT molecular complexity index is 1210. The maximum Gasteiger partial charge on any atom is 0.397 e. The average molecular weight is 512 g/mol. The number of hydrogen-bond acceptors (Lipinski definition) is 4. The molecule has 35 heavy (non-hydrogen) atoms. The maximum atomic E-state index is 13.3. The summed E-state index contributed by atoms with van der Waals surface area (Å²) in [6, 6.07) is 9.25. The van der Waals surface area contributed by atoms with Gasteiger partial charge in [-0.1, -0.05) is 38.1 Å². The fourth-order valence-corrected chi connectivity index (χ4v) is 4.79. The first-order valence-electron chi connectivity index (χ1n) is 11.5. The van der Waals surface area contributed by atoms with Gasteiger partial charge in [0.15, 0.2) is 0 Å². The molecule has 1 aliphatic rings. The highest BCUT2D eigenvalue weighted by atomic mass is 32.2. The summed E-state index contributed by atoms with van der Waals surface area (Å²) in [5.74, 6) is -0.457. The van der Waals surface area contributed by atoms with Crippen LogP contribution in [0.4, 0.5) is 18.9 Å². The van der Waals surface area contributed by atoms with Gasteiger partial charge in [-0.05, 0) is 56.9 Å². The van der Waals surface area contributed by atoms with Crippen LogP contribution in [-0.2, 0) is 32.1 Å². The molecule has 2 N–H and O–H groups in total. The lowest BCUT2D eigenvalue weighted by Gasteiger charge is -2.28. The number of alkyl halides is 3. The van der Waals surface area contributed by atoms with Crippen molar-refractivity contribution in [2.24, 2.45) is 5.92 Å². The first-order valence-corrected chi connectivity index (χ1v) is 13.3. The van der Waals surface area contributed by atoms with Crippen molar-refractivity contribution in [1.29, 1.82) is 0 Å². The van der Waals surface area contributed by atoms with Gasteiger partial charge >= 0.3 is 6.18 Å². The van der Waals surface area contributed by atoms with E-state index in [1.165, 1.54) is 12.1 Å². The summed E-state index contributed by atoms with van der Waals surface area (Å²) in [6.45, 7) is 7.90. The largest absolute Gasteiger partial charge is 0.397 e. The lowest BCUT2D eigenvalue weighted by atomic mass is 9.82. The number of pyridine rings is 1. The molecule has 6 nitrogen and oxygen atoms in total. The van der Waals surface area contributed by atoms with Crippen molar-refractivity contribution in [2.75, 3.05) is 11.0 Å². The van der Waals surface area contributed by atoms with Crippen LogP contribution in [0.3, 0.4) is 0 Å². The number of anilines is 1. The van der Waals surface area contributed by atoms with Crippen LogP contribution in [0.25, 0.3) is 0 Å². The van der Waals surface area contributed by atoms with Crippen LogP contribution in [0.1, 0.15) is 69.6 Å². The van der Waals surface area contributed by atoms with Gasteiger partial charge in [0, 0.05) is 11.3 Å². The number of carbonyl (C=O) groups is 1. The highest BCUT2D eigenvalue weighted by Crippen LogP contribution is 2.54. The molecule has 0 spiro atoms. The Balaban J connectivity index is 1.70. The van der Waals surface area contributed by atoms with E-state index in [1.54, 1.807) is 31.2 Å². The van der Waals surface area contributed by atoms with Gasteiger partial charge < -0.3 is 5.32 Å². The lowest BCUT2D eigenvalue weighted by molar-refractivity contribution is -0.180. The molecule has 1 heterocycles. The zero-order valence-corrected chi connectivity index (χ0v) is 21.6. The summed E-state index contributed by atoms with van der Waals surface area (Å²) < 4.78 is 65.6. The van der Waals surface area contributed by atoms with Crippen LogP contribution in [0.15, 0.2) is 36.4 Å². The SMILES string of the molecule is CCc1nc(C(C)NC(=O)C2C[C@]2(C)c2ccc(C(C)(C)C(F)(F)F)cc2)ccc1NS(C)(=O)=O. The number of carbonyl (C=O) groups excluding carboxylic acids is 1. The summed E-state index contributed by atoms with van der Waals surface area (Å²) in [6.07, 6.45) is -2.19. The summed E-state index contributed by atoms with van der Waals surface area (Å²) in [7, 11) is -3.44. The molecule has 0 bridgehead atoms. The Morgan fingerprint density at radius 2 is 1.77 bits per heavy atom. The van der Waals surface area contributed by atoms with Crippen LogP contribution >= 0.6 is 0 Å². The number of nitrogens with one attached hydrogen (secondary N) is 2. The summed E-state index contributed by atoms with van der Waals surface area (Å²) in [5, 5.41) is 2.97. The van der Waals surface area contributed by atoms with Gasteiger partial charge in [-0.3, -0.25) is 14.5 Å². The van der Waals surface area contributed by atoms with Gasteiger partial charge in [0.05, 0.1) is 34.8 Å². The molecule has 0 radical (unpaired) electrons. The van der Waals surface area contributed by atoms with E-state index in [0.717, 1.165) is 25.7 Å². The Kier molecular flexibility index (Phi) is 7.02. The van der Waals surface area contributed by atoms with Crippen molar-refractivity contribution in [1.82, 2.24) is 10.3 Å². The molecule has 3 rings (SSSR count). The van der Waals surface area contributed by atoms with E-state index >= 15 is 0 Å². The number of aryl methyl sites for hydroxylation is 1. The smallest absolute Gasteiger partial charge is 0.348 e. The molecule has 0 saturated heterocycles. The molecule has 1 amide bonds. The van der Waals surface area contributed by atoms with E-state index in [2.05, 4.69) is 15.0 Å². The number of aromatic nitrogens is 1. The lowest BCUT2D eigenvalue weighted by Crippen LogP contribution is -2.36. The molecular formula is C25H32F3N3O3S. The Morgan fingerprint density at radius 1 is 1.17 bits per heavy atom. The van der Waals surface area contributed by atoms with E-state index in [0.29, 0.717) is 29.9 Å². The minimum Gasteiger partial charge on any atom is -0.348 e. The number of rotatable bonds is 8. The molecule has 0 aliphatic heterocycles. The van der Waals surface area contributed by atoms with Gasteiger partial charge in [0.2, 0.25) is 15.9 Å². The van der Waals surface area contributed by atoms with Crippen LogP contribution < -0.4 is 10.0 Å². The third-order valence-corrected chi connectivity index (χ3v) is 7.55. The standard InChI is InChI=1S/C25H32F3N3O3S/c1-7-19-21(31-35(6,33)34)13-12-20(30-19)15(2)29-22(32)18-14-24(18,5)17-10-8-16(9-11-17)23(3,4)25(26,27)28/h8-13,15,18,31H,7,14H2,1-6H3,(H,29,32)/t15?,18?,24-/m1/s1. The van der Waals surface area contributed by atoms with Crippen molar-refractivity contribution in [2.45, 2.75) is 70.5 Å². The van der Waals surface area contributed by atoms with Gasteiger partial charge in [-0.2, -0.15) is 13.2 Å². The molecule has 10 heteroatoms. The van der Waals surface area contributed by atoms with Crippen molar-refractivity contribution >= 4 is 21.6 Å². The molecule has 2 aromatic rings. The number of amides is 1. The molecule has 192 valence electrons. The fraction of sp³-hybridized carbons (Fsp3) is 0.520. The summed E-state index contributed by atoms with van der Waals surface area (Å²) in [5.41, 5.74) is 0.190.